The second kappa shape index (κ2) is 11.4. The highest BCUT2D eigenvalue weighted by Gasteiger charge is 2.19. The molecule has 1 saturated carbocycles. The summed E-state index contributed by atoms with van der Waals surface area (Å²) in [6.45, 7) is 4.49. The van der Waals surface area contributed by atoms with E-state index >= 15 is 0 Å². The molecule has 0 spiro atoms. The van der Waals surface area contributed by atoms with Gasteiger partial charge in [-0.2, -0.15) is 0 Å². The molecule has 0 heteroatoms. The van der Waals surface area contributed by atoms with E-state index in [1.807, 2.05) is 0 Å². The van der Waals surface area contributed by atoms with E-state index in [0.717, 1.165) is 17.8 Å². The number of aryl methyl sites for hydroxylation is 2. The third-order valence-corrected chi connectivity index (χ3v) is 6.96. The van der Waals surface area contributed by atoms with Crippen LogP contribution in [-0.2, 0) is 6.42 Å². The van der Waals surface area contributed by atoms with E-state index in [2.05, 4.69) is 68.5 Å². The molecule has 152 valence electrons. The van der Waals surface area contributed by atoms with Crippen molar-refractivity contribution in [2.75, 3.05) is 0 Å². The number of hydrogen-bond donors (Lipinski definition) is 0. The lowest BCUT2D eigenvalue weighted by molar-refractivity contribution is 0.398. The smallest absolute Gasteiger partial charge is 0.0198 e. The van der Waals surface area contributed by atoms with E-state index < -0.39 is 0 Å². The molecular formula is C28H40. The maximum atomic E-state index is 2.40. The molecule has 0 nitrogen and oxygen atoms in total. The lowest BCUT2D eigenvalue weighted by Gasteiger charge is -2.16. The van der Waals surface area contributed by atoms with E-state index in [1.165, 1.54) is 87.3 Å². The Morgan fingerprint density at radius 3 is 2.50 bits per heavy atom. The number of hydrogen-bond acceptors (Lipinski definition) is 0. The van der Waals surface area contributed by atoms with Gasteiger partial charge in [0, 0.05) is 0 Å². The summed E-state index contributed by atoms with van der Waals surface area (Å²) in [5, 5.41) is 0. The summed E-state index contributed by atoms with van der Waals surface area (Å²) >= 11 is 0. The minimum atomic E-state index is 0.729. The van der Waals surface area contributed by atoms with Crippen molar-refractivity contribution in [1.82, 2.24) is 0 Å². The van der Waals surface area contributed by atoms with Gasteiger partial charge in [0.2, 0.25) is 0 Å². The first kappa shape index (κ1) is 21.2. The minimum Gasteiger partial charge on any atom is -0.0837 e. The molecule has 1 fully saturated rings. The molecule has 0 saturated heterocycles. The van der Waals surface area contributed by atoms with Gasteiger partial charge in [-0.05, 0) is 74.3 Å². The largest absolute Gasteiger partial charge is 0.0837 e. The Kier molecular flexibility index (Phi) is 8.65. The lowest BCUT2D eigenvalue weighted by atomic mass is 9.90. The molecule has 0 aliphatic heterocycles. The van der Waals surface area contributed by atoms with Gasteiger partial charge in [-0.1, -0.05) is 99.2 Å². The molecule has 0 heterocycles. The van der Waals surface area contributed by atoms with Gasteiger partial charge in [0.15, 0.2) is 0 Å². The fraction of sp³-hybridized carbons (Fsp3) is 0.571. The van der Waals surface area contributed by atoms with Crippen molar-refractivity contribution in [2.45, 2.75) is 84.5 Å². The first-order valence-corrected chi connectivity index (χ1v) is 11.8. The first-order chi connectivity index (χ1) is 13.7. The Balaban J connectivity index is 1.41. The van der Waals surface area contributed by atoms with Crippen LogP contribution in [0.25, 0.3) is 0 Å². The molecule has 0 N–H and O–H groups in total. The van der Waals surface area contributed by atoms with E-state index in [4.69, 9.17) is 0 Å². The summed E-state index contributed by atoms with van der Waals surface area (Å²) in [5.74, 6) is 2.61. The lowest BCUT2D eigenvalue weighted by Crippen LogP contribution is -2.03. The van der Waals surface area contributed by atoms with Crippen molar-refractivity contribution in [2.24, 2.45) is 17.8 Å². The second-order valence-electron chi connectivity index (χ2n) is 9.24. The molecule has 1 aromatic carbocycles. The Hall–Kier alpha value is -1.56. The van der Waals surface area contributed by atoms with Crippen LogP contribution in [-0.4, -0.2) is 0 Å². The zero-order valence-corrected chi connectivity index (χ0v) is 18.2. The fourth-order valence-corrected chi connectivity index (χ4v) is 4.98. The van der Waals surface area contributed by atoms with Crippen LogP contribution in [0.3, 0.4) is 0 Å². The SMILES string of the molecule is CCC1C=CC=C(CCC2CCCC(CCc3cccc(C)c3)CC2)C=CC1. The van der Waals surface area contributed by atoms with Crippen LogP contribution in [0.4, 0.5) is 0 Å². The number of rotatable bonds is 7. The van der Waals surface area contributed by atoms with Gasteiger partial charge in [-0.25, -0.2) is 0 Å². The van der Waals surface area contributed by atoms with Gasteiger partial charge in [-0.15, -0.1) is 0 Å². The van der Waals surface area contributed by atoms with Gasteiger partial charge in [0.1, 0.15) is 0 Å². The molecule has 1 aromatic rings. The highest BCUT2D eigenvalue weighted by Crippen LogP contribution is 2.33. The summed E-state index contributed by atoms with van der Waals surface area (Å²) in [4.78, 5) is 0. The highest BCUT2D eigenvalue weighted by molar-refractivity contribution is 5.26. The van der Waals surface area contributed by atoms with Crippen molar-refractivity contribution in [3.8, 4) is 0 Å². The standard InChI is InChI=1S/C28H40/c1-3-24-9-5-11-25(12-6-10-24)16-17-26-13-7-14-27(19-18-26)20-21-28-15-4-8-23(2)22-28/h4-6,8-9,11-12,15,22,24,26-27H,3,7,10,13-14,16-21H2,1-2H3. The average molecular weight is 377 g/mol. The average Bonchev–Trinajstić information content (AvgIpc) is 2.91. The Labute approximate surface area is 173 Å². The minimum absolute atomic E-state index is 0.729. The molecule has 0 amide bonds. The summed E-state index contributed by atoms with van der Waals surface area (Å²) < 4.78 is 0. The van der Waals surface area contributed by atoms with Gasteiger partial charge in [0.05, 0.1) is 0 Å². The van der Waals surface area contributed by atoms with Crippen molar-refractivity contribution in [3.05, 3.63) is 71.3 Å². The Morgan fingerprint density at radius 1 is 0.964 bits per heavy atom. The normalized spacial score (nSPS) is 25.6. The predicted octanol–water partition coefficient (Wildman–Crippen LogP) is 8.37. The van der Waals surface area contributed by atoms with Crippen LogP contribution in [0, 0.1) is 24.7 Å². The predicted molar refractivity (Wildman–Crippen MR) is 124 cm³/mol. The van der Waals surface area contributed by atoms with Crippen molar-refractivity contribution in [3.63, 3.8) is 0 Å². The van der Waals surface area contributed by atoms with Crippen LogP contribution >= 0.6 is 0 Å². The summed E-state index contributed by atoms with van der Waals surface area (Å²) in [7, 11) is 0. The molecule has 0 aromatic heterocycles. The maximum Gasteiger partial charge on any atom is -0.0198 e. The quantitative estimate of drug-likeness (QED) is 0.419. The zero-order valence-electron chi connectivity index (χ0n) is 18.2. The van der Waals surface area contributed by atoms with Gasteiger partial charge < -0.3 is 0 Å². The molecule has 2 aliphatic carbocycles. The fourth-order valence-electron chi connectivity index (χ4n) is 4.98. The van der Waals surface area contributed by atoms with Gasteiger partial charge in [0.25, 0.3) is 0 Å². The molecule has 3 atom stereocenters. The van der Waals surface area contributed by atoms with Crippen molar-refractivity contribution < 1.29 is 0 Å². The zero-order chi connectivity index (χ0) is 19.6. The van der Waals surface area contributed by atoms with Crippen LogP contribution in [0.15, 0.2) is 60.2 Å². The molecule has 2 aliphatic rings. The maximum absolute atomic E-state index is 2.40. The third kappa shape index (κ3) is 7.12. The van der Waals surface area contributed by atoms with Crippen LogP contribution in [0.2, 0.25) is 0 Å². The third-order valence-electron chi connectivity index (χ3n) is 6.96. The van der Waals surface area contributed by atoms with Crippen LogP contribution in [0.1, 0.15) is 82.3 Å². The highest BCUT2D eigenvalue weighted by atomic mass is 14.2. The van der Waals surface area contributed by atoms with Crippen LogP contribution < -0.4 is 0 Å². The van der Waals surface area contributed by atoms with E-state index in [-0.39, 0.29) is 0 Å². The van der Waals surface area contributed by atoms with E-state index in [0.29, 0.717) is 0 Å². The molecule has 0 radical (unpaired) electrons. The Morgan fingerprint density at radius 2 is 1.75 bits per heavy atom. The van der Waals surface area contributed by atoms with Crippen LogP contribution in [0.5, 0.6) is 0 Å². The molecular weight excluding hydrogens is 336 g/mol. The van der Waals surface area contributed by atoms with Gasteiger partial charge in [-0.3, -0.25) is 0 Å². The van der Waals surface area contributed by atoms with Crippen molar-refractivity contribution >= 4 is 0 Å². The monoisotopic (exact) mass is 376 g/mol. The molecule has 28 heavy (non-hydrogen) atoms. The number of allylic oxidation sites excluding steroid dienone is 6. The van der Waals surface area contributed by atoms with Gasteiger partial charge >= 0.3 is 0 Å². The Bertz CT molecular complexity index is 675. The van der Waals surface area contributed by atoms with E-state index in [1.54, 1.807) is 0 Å². The second-order valence-corrected chi connectivity index (χ2v) is 9.24. The molecule has 0 bridgehead atoms. The summed E-state index contributed by atoms with van der Waals surface area (Å²) in [6, 6.07) is 9.09. The first-order valence-electron chi connectivity index (χ1n) is 11.8. The van der Waals surface area contributed by atoms with Crippen molar-refractivity contribution in [1.29, 1.82) is 0 Å². The summed E-state index contributed by atoms with van der Waals surface area (Å²) in [5.41, 5.74) is 4.46. The summed E-state index contributed by atoms with van der Waals surface area (Å²) in [6.07, 6.45) is 26.8. The molecule has 3 unspecified atom stereocenters. The molecule has 3 rings (SSSR count). The van der Waals surface area contributed by atoms with E-state index in [9.17, 15) is 0 Å². The topological polar surface area (TPSA) is 0 Å². The number of benzene rings is 1.